The molecule has 39 heavy (non-hydrogen) atoms. The van der Waals surface area contributed by atoms with Gasteiger partial charge in [-0.25, -0.2) is 4.98 Å². The van der Waals surface area contributed by atoms with Crippen LogP contribution in [-0.4, -0.2) is 48.3 Å². The van der Waals surface area contributed by atoms with Crippen LogP contribution in [0.2, 0.25) is 0 Å². The highest BCUT2D eigenvalue weighted by atomic mass is 16.5. The van der Waals surface area contributed by atoms with Crippen LogP contribution in [0.5, 0.6) is 5.75 Å². The van der Waals surface area contributed by atoms with Gasteiger partial charge in [0.1, 0.15) is 18.2 Å². The highest BCUT2D eigenvalue weighted by Gasteiger charge is 2.25. The van der Waals surface area contributed by atoms with E-state index in [-0.39, 0.29) is 23.4 Å². The Morgan fingerprint density at radius 1 is 1.00 bits per heavy atom. The molecule has 1 aliphatic rings. The number of rotatable bonds is 10. The largest absolute Gasteiger partial charge is 0.491 e. The minimum Gasteiger partial charge on any atom is -0.491 e. The summed E-state index contributed by atoms with van der Waals surface area (Å²) >= 11 is 0. The van der Waals surface area contributed by atoms with Crippen molar-refractivity contribution in [2.24, 2.45) is 0 Å². The molecule has 2 atom stereocenters. The third-order valence-corrected chi connectivity index (χ3v) is 7.00. The Kier molecular flexibility index (Phi) is 9.41. The Bertz CT molecular complexity index is 1220. The minimum atomic E-state index is -0.0130. The number of carbonyl (C=O) groups is 1. The third kappa shape index (κ3) is 8.17. The lowest BCUT2D eigenvalue weighted by Crippen LogP contribution is -2.42. The van der Waals surface area contributed by atoms with E-state index in [1.54, 1.807) is 7.11 Å². The summed E-state index contributed by atoms with van der Waals surface area (Å²) in [5.41, 5.74) is 3.84. The molecule has 1 fully saturated rings. The molecular formula is C31H41N5O3. The fourth-order valence-electron chi connectivity index (χ4n) is 4.69. The SMILES string of the molecule is COCCOc1ccc(Nc2ncc(C)c(NC3CCCC(NC(=O)c4ccc(C(C)(C)C)cc4)C3)n2)cc1. The molecule has 1 aliphatic carbocycles. The van der Waals surface area contributed by atoms with E-state index in [2.05, 4.69) is 53.8 Å². The molecule has 1 amide bonds. The van der Waals surface area contributed by atoms with Gasteiger partial charge in [-0.1, -0.05) is 32.9 Å². The molecule has 4 rings (SSSR count). The van der Waals surface area contributed by atoms with E-state index < -0.39 is 0 Å². The van der Waals surface area contributed by atoms with Crippen LogP contribution in [0.1, 0.15) is 67.9 Å². The smallest absolute Gasteiger partial charge is 0.251 e. The first kappa shape index (κ1) is 28.4. The molecule has 1 aromatic heterocycles. The van der Waals surface area contributed by atoms with Gasteiger partial charge < -0.3 is 25.4 Å². The monoisotopic (exact) mass is 531 g/mol. The lowest BCUT2D eigenvalue weighted by Gasteiger charge is -2.31. The number of nitrogens with one attached hydrogen (secondary N) is 3. The summed E-state index contributed by atoms with van der Waals surface area (Å²) in [7, 11) is 1.65. The number of amides is 1. The summed E-state index contributed by atoms with van der Waals surface area (Å²) in [6.45, 7) is 9.58. The number of aromatic nitrogens is 2. The summed E-state index contributed by atoms with van der Waals surface area (Å²) in [5, 5.41) is 10.1. The fourth-order valence-corrected chi connectivity index (χ4v) is 4.69. The summed E-state index contributed by atoms with van der Waals surface area (Å²) in [6, 6.07) is 16.0. The first-order chi connectivity index (χ1) is 18.7. The molecule has 8 heteroatoms. The second kappa shape index (κ2) is 12.9. The van der Waals surface area contributed by atoms with Crippen molar-refractivity contribution in [3.05, 3.63) is 71.4 Å². The van der Waals surface area contributed by atoms with Crippen molar-refractivity contribution >= 4 is 23.4 Å². The van der Waals surface area contributed by atoms with Gasteiger partial charge >= 0.3 is 0 Å². The van der Waals surface area contributed by atoms with Crippen LogP contribution < -0.4 is 20.7 Å². The van der Waals surface area contributed by atoms with E-state index in [1.165, 1.54) is 5.56 Å². The maximum atomic E-state index is 12.9. The van der Waals surface area contributed by atoms with Crippen LogP contribution in [0, 0.1) is 6.92 Å². The minimum absolute atomic E-state index is 0.0130. The number of carbonyl (C=O) groups excluding carboxylic acids is 1. The second-order valence-corrected chi connectivity index (χ2v) is 11.2. The van der Waals surface area contributed by atoms with Gasteiger partial charge in [-0.15, -0.1) is 0 Å². The molecule has 1 heterocycles. The number of hydrogen-bond acceptors (Lipinski definition) is 7. The highest BCUT2D eigenvalue weighted by molar-refractivity contribution is 5.94. The average molecular weight is 532 g/mol. The molecule has 3 N–H and O–H groups in total. The summed E-state index contributed by atoms with van der Waals surface area (Å²) in [5.74, 6) is 2.10. The zero-order chi connectivity index (χ0) is 27.8. The van der Waals surface area contributed by atoms with Crippen LogP contribution in [-0.2, 0) is 10.2 Å². The molecule has 8 nitrogen and oxygen atoms in total. The molecule has 0 spiro atoms. The van der Waals surface area contributed by atoms with E-state index in [0.717, 1.165) is 48.5 Å². The molecule has 0 radical (unpaired) electrons. The van der Waals surface area contributed by atoms with Crippen molar-refractivity contribution in [1.29, 1.82) is 0 Å². The van der Waals surface area contributed by atoms with Crippen molar-refractivity contribution in [2.75, 3.05) is 31.0 Å². The predicted octanol–water partition coefficient (Wildman–Crippen LogP) is 6.00. The van der Waals surface area contributed by atoms with Gasteiger partial charge in [-0.3, -0.25) is 4.79 Å². The quantitative estimate of drug-likeness (QED) is 0.276. The number of hydrogen-bond donors (Lipinski definition) is 3. The van der Waals surface area contributed by atoms with Gasteiger partial charge in [0.25, 0.3) is 5.91 Å². The van der Waals surface area contributed by atoms with Gasteiger partial charge in [0.05, 0.1) is 6.61 Å². The van der Waals surface area contributed by atoms with E-state index in [1.807, 2.05) is 49.5 Å². The maximum Gasteiger partial charge on any atom is 0.251 e. The molecule has 0 bridgehead atoms. The first-order valence-corrected chi connectivity index (χ1v) is 13.7. The number of benzene rings is 2. The Labute approximate surface area is 231 Å². The summed E-state index contributed by atoms with van der Waals surface area (Å²) in [4.78, 5) is 22.1. The van der Waals surface area contributed by atoms with Crippen LogP contribution in [0.15, 0.2) is 54.7 Å². The zero-order valence-electron chi connectivity index (χ0n) is 23.7. The molecule has 2 aromatic carbocycles. The summed E-state index contributed by atoms with van der Waals surface area (Å²) in [6.07, 6.45) is 5.72. The predicted molar refractivity (Wildman–Crippen MR) is 156 cm³/mol. The molecule has 0 aliphatic heterocycles. The van der Waals surface area contributed by atoms with Crippen molar-refractivity contribution in [2.45, 2.75) is 70.9 Å². The fraction of sp³-hybridized carbons (Fsp3) is 0.452. The van der Waals surface area contributed by atoms with Gasteiger partial charge in [0.2, 0.25) is 5.95 Å². The Morgan fingerprint density at radius 2 is 1.72 bits per heavy atom. The first-order valence-electron chi connectivity index (χ1n) is 13.7. The number of nitrogens with zero attached hydrogens (tertiary/aromatic N) is 2. The van der Waals surface area contributed by atoms with Crippen LogP contribution in [0.3, 0.4) is 0 Å². The number of methoxy groups -OCH3 is 1. The van der Waals surface area contributed by atoms with Crippen LogP contribution >= 0.6 is 0 Å². The maximum absolute atomic E-state index is 12.9. The standard InChI is InChI=1S/C31H41N5O3/c1-21-20-32-30(35-24-13-15-27(16-14-24)39-18-17-38-5)36-28(21)33-25-7-6-8-26(19-25)34-29(37)22-9-11-23(12-10-22)31(2,3)4/h9-16,20,25-26H,6-8,17-19H2,1-5H3,(H,34,37)(H2,32,33,35,36). The lowest BCUT2D eigenvalue weighted by molar-refractivity contribution is 0.0926. The van der Waals surface area contributed by atoms with Gasteiger partial charge in [-0.05, 0) is 80.0 Å². The van der Waals surface area contributed by atoms with Crippen molar-refractivity contribution in [1.82, 2.24) is 15.3 Å². The summed E-state index contributed by atoms with van der Waals surface area (Å²) < 4.78 is 10.6. The second-order valence-electron chi connectivity index (χ2n) is 11.2. The molecule has 2 unspecified atom stereocenters. The average Bonchev–Trinajstić information content (AvgIpc) is 2.91. The van der Waals surface area contributed by atoms with E-state index in [0.29, 0.717) is 24.7 Å². The number of aryl methyl sites for hydroxylation is 1. The van der Waals surface area contributed by atoms with Crippen molar-refractivity contribution in [3.8, 4) is 5.75 Å². The Hall–Kier alpha value is -3.65. The normalized spacial score (nSPS) is 17.4. The molecule has 208 valence electrons. The van der Waals surface area contributed by atoms with Gasteiger partial charge in [0.15, 0.2) is 0 Å². The van der Waals surface area contributed by atoms with E-state index in [9.17, 15) is 4.79 Å². The number of ether oxygens (including phenoxy) is 2. The van der Waals surface area contributed by atoms with Crippen LogP contribution in [0.4, 0.5) is 17.5 Å². The zero-order valence-corrected chi connectivity index (χ0v) is 23.7. The molecule has 1 saturated carbocycles. The molecule has 3 aromatic rings. The van der Waals surface area contributed by atoms with Gasteiger partial charge in [-0.2, -0.15) is 4.98 Å². The van der Waals surface area contributed by atoms with Crippen molar-refractivity contribution in [3.63, 3.8) is 0 Å². The third-order valence-electron chi connectivity index (χ3n) is 7.00. The topological polar surface area (TPSA) is 97.4 Å². The van der Waals surface area contributed by atoms with E-state index in [4.69, 9.17) is 14.5 Å². The van der Waals surface area contributed by atoms with E-state index >= 15 is 0 Å². The highest BCUT2D eigenvalue weighted by Crippen LogP contribution is 2.26. The Morgan fingerprint density at radius 3 is 2.41 bits per heavy atom. The molecule has 0 saturated heterocycles. The lowest BCUT2D eigenvalue weighted by atomic mass is 9.86. The molecular weight excluding hydrogens is 490 g/mol. The van der Waals surface area contributed by atoms with Gasteiger partial charge in [0, 0.05) is 42.2 Å². The van der Waals surface area contributed by atoms with Crippen LogP contribution in [0.25, 0.3) is 0 Å². The van der Waals surface area contributed by atoms with Crippen molar-refractivity contribution < 1.29 is 14.3 Å². The Balaban J connectivity index is 1.33. The number of anilines is 3.